The first-order chi connectivity index (χ1) is 6.79. The van der Waals surface area contributed by atoms with Crippen molar-refractivity contribution in [1.29, 1.82) is 0 Å². The minimum atomic E-state index is -1.03. The van der Waals surface area contributed by atoms with Crippen molar-refractivity contribution in [2.24, 2.45) is 0 Å². The van der Waals surface area contributed by atoms with Gasteiger partial charge in [-0.05, 0) is 25.1 Å². The van der Waals surface area contributed by atoms with Gasteiger partial charge in [0.25, 0.3) is 0 Å². The van der Waals surface area contributed by atoms with E-state index in [4.69, 9.17) is 0 Å². The second-order valence-corrected chi connectivity index (χ2v) is 3.49. The summed E-state index contributed by atoms with van der Waals surface area (Å²) in [5.74, 6) is -0.792. The van der Waals surface area contributed by atoms with Crippen LogP contribution in [0, 0.1) is 5.82 Å². The number of nitrogens with one attached hydrogen (secondary N) is 1. The van der Waals surface area contributed by atoms with Gasteiger partial charge in [0.15, 0.2) is 0 Å². The van der Waals surface area contributed by atoms with E-state index in [1.807, 2.05) is 0 Å². The highest BCUT2D eigenvalue weighted by Crippen LogP contribution is 2.27. The van der Waals surface area contributed by atoms with E-state index in [1.54, 1.807) is 0 Å². The number of pyridine rings is 1. The third kappa shape index (κ3) is 1.75. The lowest BCUT2D eigenvalue weighted by atomic mass is 9.92. The number of rotatable bonds is 1. The lowest BCUT2D eigenvalue weighted by molar-refractivity contribution is 0.224. The first-order valence-corrected chi connectivity index (χ1v) is 4.74. The predicted octanol–water partition coefficient (Wildman–Crippen LogP) is 1.64. The molecule has 76 valence electrons. The maximum Gasteiger partial charge on any atom is 0.145 e. The first kappa shape index (κ1) is 9.52. The molecule has 0 spiro atoms. The lowest BCUT2D eigenvalue weighted by Crippen LogP contribution is -2.37. The number of hydrogen-bond acceptors (Lipinski definition) is 2. The Bertz CT molecular complexity index is 317. The van der Waals surface area contributed by atoms with Gasteiger partial charge in [0, 0.05) is 18.7 Å². The van der Waals surface area contributed by atoms with Gasteiger partial charge in [-0.15, -0.1) is 0 Å². The van der Waals surface area contributed by atoms with Crippen LogP contribution in [0.5, 0.6) is 0 Å². The standard InChI is InChI=1S/C10H12F2N2/c11-8-2-1-4-14-10(8)7-3-5-13-6-9(7)12/h1-2,4,7,9,13H,3,5-6H2. The van der Waals surface area contributed by atoms with Crippen LogP contribution < -0.4 is 5.32 Å². The Hall–Kier alpha value is -1.03. The fourth-order valence-electron chi connectivity index (χ4n) is 1.80. The van der Waals surface area contributed by atoms with Crippen LogP contribution in [0.25, 0.3) is 0 Å². The van der Waals surface area contributed by atoms with Gasteiger partial charge >= 0.3 is 0 Å². The number of halogens is 2. The topological polar surface area (TPSA) is 24.9 Å². The molecule has 1 aromatic heterocycles. The first-order valence-electron chi connectivity index (χ1n) is 4.74. The molecule has 0 amide bonds. The molecule has 0 aromatic carbocycles. The van der Waals surface area contributed by atoms with Crippen molar-refractivity contribution in [3.63, 3.8) is 0 Å². The molecule has 1 saturated heterocycles. The minimum absolute atomic E-state index is 0.265. The molecule has 2 nitrogen and oxygen atoms in total. The summed E-state index contributed by atoms with van der Waals surface area (Å²) in [6.45, 7) is 1.02. The normalized spacial score (nSPS) is 27.6. The maximum absolute atomic E-state index is 13.4. The van der Waals surface area contributed by atoms with Gasteiger partial charge in [0.05, 0.1) is 5.69 Å². The second kappa shape index (κ2) is 4.00. The summed E-state index contributed by atoms with van der Waals surface area (Å²) < 4.78 is 26.7. The van der Waals surface area contributed by atoms with Crippen molar-refractivity contribution in [3.8, 4) is 0 Å². The van der Waals surface area contributed by atoms with E-state index in [9.17, 15) is 8.78 Å². The highest BCUT2D eigenvalue weighted by Gasteiger charge is 2.28. The quantitative estimate of drug-likeness (QED) is 0.742. The summed E-state index contributed by atoms with van der Waals surface area (Å²) in [6.07, 6.45) is 1.08. The Morgan fingerprint density at radius 3 is 3.07 bits per heavy atom. The van der Waals surface area contributed by atoms with Crippen molar-refractivity contribution in [2.45, 2.75) is 18.5 Å². The molecule has 2 atom stereocenters. The van der Waals surface area contributed by atoms with Gasteiger partial charge in [-0.3, -0.25) is 4.98 Å². The maximum atomic E-state index is 13.4. The molecule has 0 radical (unpaired) electrons. The average molecular weight is 198 g/mol. The highest BCUT2D eigenvalue weighted by molar-refractivity contribution is 5.15. The van der Waals surface area contributed by atoms with Crippen LogP contribution in [-0.2, 0) is 0 Å². The SMILES string of the molecule is Fc1cccnc1C1CCNCC1F. The number of nitrogens with zero attached hydrogens (tertiary/aromatic N) is 1. The highest BCUT2D eigenvalue weighted by atomic mass is 19.1. The van der Waals surface area contributed by atoms with Crippen molar-refractivity contribution in [2.75, 3.05) is 13.1 Å². The molecule has 4 heteroatoms. The van der Waals surface area contributed by atoms with Crippen molar-refractivity contribution in [1.82, 2.24) is 10.3 Å². The molecular formula is C10H12F2N2. The van der Waals surface area contributed by atoms with Crippen LogP contribution in [0.3, 0.4) is 0 Å². The van der Waals surface area contributed by atoms with Gasteiger partial charge in [-0.1, -0.05) is 0 Å². The molecule has 0 bridgehead atoms. The molecule has 1 aliphatic rings. The Kier molecular flexibility index (Phi) is 2.72. The van der Waals surface area contributed by atoms with Gasteiger partial charge in [-0.2, -0.15) is 0 Å². The van der Waals surface area contributed by atoms with Crippen LogP contribution in [-0.4, -0.2) is 24.2 Å². The van der Waals surface area contributed by atoms with E-state index in [-0.39, 0.29) is 5.69 Å². The predicted molar refractivity (Wildman–Crippen MR) is 49.3 cm³/mol. The number of aromatic nitrogens is 1. The Labute approximate surface area is 81.4 Å². The molecule has 1 aromatic rings. The van der Waals surface area contributed by atoms with Crippen molar-refractivity contribution >= 4 is 0 Å². The number of piperidine rings is 1. The van der Waals surface area contributed by atoms with E-state index < -0.39 is 17.9 Å². The summed E-state index contributed by atoms with van der Waals surface area (Å²) in [5.41, 5.74) is 0.265. The number of alkyl halides is 1. The van der Waals surface area contributed by atoms with Crippen molar-refractivity contribution < 1.29 is 8.78 Å². The molecule has 1 fully saturated rings. The monoisotopic (exact) mass is 198 g/mol. The van der Waals surface area contributed by atoms with E-state index in [2.05, 4.69) is 10.3 Å². The summed E-state index contributed by atoms with van der Waals surface area (Å²) in [7, 11) is 0. The minimum Gasteiger partial charge on any atom is -0.314 e. The number of hydrogen-bond donors (Lipinski definition) is 1. The van der Waals surface area contributed by atoms with E-state index >= 15 is 0 Å². The molecular weight excluding hydrogens is 186 g/mol. The van der Waals surface area contributed by atoms with Crippen LogP contribution >= 0.6 is 0 Å². The molecule has 0 aliphatic carbocycles. The molecule has 0 saturated carbocycles. The Balaban J connectivity index is 2.25. The Morgan fingerprint density at radius 1 is 1.50 bits per heavy atom. The fourth-order valence-corrected chi connectivity index (χ4v) is 1.80. The summed E-state index contributed by atoms with van der Waals surface area (Å²) >= 11 is 0. The van der Waals surface area contributed by atoms with E-state index in [1.165, 1.54) is 18.3 Å². The molecule has 1 aliphatic heterocycles. The summed E-state index contributed by atoms with van der Waals surface area (Å²) in [4.78, 5) is 3.91. The smallest absolute Gasteiger partial charge is 0.145 e. The zero-order chi connectivity index (χ0) is 9.97. The van der Waals surface area contributed by atoms with Crippen LogP contribution in [0.1, 0.15) is 18.0 Å². The zero-order valence-corrected chi connectivity index (χ0v) is 7.71. The van der Waals surface area contributed by atoms with E-state index in [0.717, 1.165) is 6.54 Å². The van der Waals surface area contributed by atoms with Gasteiger partial charge in [-0.25, -0.2) is 8.78 Å². The Morgan fingerprint density at radius 2 is 2.36 bits per heavy atom. The lowest BCUT2D eigenvalue weighted by Gasteiger charge is -2.26. The summed E-state index contributed by atoms with van der Waals surface area (Å²) in [5, 5.41) is 2.93. The van der Waals surface area contributed by atoms with Gasteiger partial charge < -0.3 is 5.32 Å². The van der Waals surface area contributed by atoms with Gasteiger partial charge in [0.1, 0.15) is 12.0 Å². The molecule has 2 heterocycles. The van der Waals surface area contributed by atoms with Crippen LogP contribution in [0.15, 0.2) is 18.3 Å². The largest absolute Gasteiger partial charge is 0.314 e. The second-order valence-electron chi connectivity index (χ2n) is 3.49. The third-order valence-corrected chi connectivity index (χ3v) is 2.55. The third-order valence-electron chi connectivity index (χ3n) is 2.55. The van der Waals surface area contributed by atoms with E-state index in [0.29, 0.717) is 13.0 Å². The zero-order valence-electron chi connectivity index (χ0n) is 7.71. The fraction of sp³-hybridized carbons (Fsp3) is 0.500. The molecule has 2 unspecified atom stereocenters. The summed E-state index contributed by atoms with van der Waals surface area (Å²) in [6, 6.07) is 2.85. The van der Waals surface area contributed by atoms with Crippen LogP contribution in [0.4, 0.5) is 8.78 Å². The van der Waals surface area contributed by atoms with Crippen LogP contribution in [0.2, 0.25) is 0 Å². The van der Waals surface area contributed by atoms with Gasteiger partial charge in [0.2, 0.25) is 0 Å². The molecule has 2 rings (SSSR count). The average Bonchev–Trinajstić information content (AvgIpc) is 2.20. The molecule has 1 N–H and O–H groups in total. The molecule has 14 heavy (non-hydrogen) atoms. The van der Waals surface area contributed by atoms with Crippen molar-refractivity contribution in [3.05, 3.63) is 29.8 Å².